The van der Waals surface area contributed by atoms with Gasteiger partial charge in [-0.1, -0.05) is 88.4 Å². The van der Waals surface area contributed by atoms with Crippen LogP contribution in [-0.4, -0.2) is 9.55 Å². The molecule has 2 aromatic heterocycles. The topological polar surface area (TPSA) is 27.1 Å². The van der Waals surface area contributed by atoms with Gasteiger partial charge in [-0.3, -0.25) is 4.57 Å². The first-order valence-corrected chi connectivity index (χ1v) is 15.6. The number of rotatable bonds is 10. The molecule has 0 amide bonds. The Balaban J connectivity index is 1.73. The Kier molecular flexibility index (Phi) is 8.65. The summed E-state index contributed by atoms with van der Waals surface area (Å²) in [6, 6.07) is 23.6. The summed E-state index contributed by atoms with van der Waals surface area (Å²) in [5.74, 6) is 2.58. The third-order valence-corrected chi connectivity index (χ3v) is 8.27. The molecule has 0 unspecified atom stereocenters. The van der Waals surface area contributed by atoms with E-state index in [2.05, 4.69) is 97.6 Å². The molecular weight excluding hydrogens is 556 g/mol. The normalized spacial score (nSPS) is 11.9. The second-order valence-corrected chi connectivity index (χ2v) is 12.8. The van der Waals surface area contributed by atoms with Crippen LogP contribution in [0.2, 0.25) is 0 Å². The summed E-state index contributed by atoms with van der Waals surface area (Å²) >= 11 is 3.57. The molecule has 5 aromatic rings. The van der Waals surface area contributed by atoms with Crippen LogP contribution in [0.1, 0.15) is 83.4 Å². The van der Waals surface area contributed by atoms with Gasteiger partial charge in [-0.15, -0.1) is 0 Å². The van der Waals surface area contributed by atoms with Crippen molar-refractivity contribution in [1.82, 2.24) is 9.55 Å². The molecule has 0 radical (unpaired) electrons. The number of hydrogen-bond donors (Lipinski definition) is 0. The van der Waals surface area contributed by atoms with Crippen LogP contribution in [-0.2, 0) is 18.3 Å². The predicted molar refractivity (Wildman–Crippen MR) is 173 cm³/mol. The first kappa shape index (κ1) is 28.4. The third kappa shape index (κ3) is 5.98. The van der Waals surface area contributed by atoms with Crippen molar-refractivity contribution >= 4 is 37.7 Å². The van der Waals surface area contributed by atoms with Crippen LogP contribution >= 0.6 is 15.9 Å². The standard InChI is InChI=1S/C36H41BrN2O/c1-6-8-9-10-13-25-16-19-32-35(30(25)12-7-2)31-18-17-29(40-28-15-11-14-27(37)23-28)24-33(31)39(32)34-22-26(20-21-38-34)36(3,4)5/h11,14-24H,6-10,12-13H2,1-5H3. The molecule has 0 spiro atoms. The van der Waals surface area contributed by atoms with Crippen LogP contribution in [0, 0.1) is 0 Å². The number of nitrogens with zero attached hydrogens (tertiary/aromatic N) is 2. The van der Waals surface area contributed by atoms with Gasteiger partial charge < -0.3 is 4.74 Å². The van der Waals surface area contributed by atoms with E-state index < -0.39 is 0 Å². The highest BCUT2D eigenvalue weighted by molar-refractivity contribution is 9.10. The Morgan fingerprint density at radius 2 is 1.62 bits per heavy atom. The quantitative estimate of drug-likeness (QED) is 0.150. The number of aryl methyl sites for hydroxylation is 2. The third-order valence-electron chi connectivity index (χ3n) is 7.78. The molecule has 3 aromatic carbocycles. The van der Waals surface area contributed by atoms with Gasteiger partial charge in [-0.2, -0.15) is 0 Å². The fourth-order valence-corrected chi connectivity index (χ4v) is 6.08. The van der Waals surface area contributed by atoms with Gasteiger partial charge in [0, 0.05) is 27.5 Å². The monoisotopic (exact) mass is 596 g/mol. The highest BCUT2D eigenvalue weighted by Crippen LogP contribution is 2.39. The summed E-state index contributed by atoms with van der Waals surface area (Å²) in [5, 5.41) is 2.63. The minimum absolute atomic E-state index is 0.0322. The van der Waals surface area contributed by atoms with Crippen molar-refractivity contribution in [2.75, 3.05) is 0 Å². The van der Waals surface area contributed by atoms with Crippen molar-refractivity contribution in [3.63, 3.8) is 0 Å². The van der Waals surface area contributed by atoms with Crippen molar-refractivity contribution in [1.29, 1.82) is 0 Å². The Morgan fingerprint density at radius 3 is 2.38 bits per heavy atom. The molecule has 0 saturated carbocycles. The first-order valence-electron chi connectivity index (χ1n) is 14.8. The van der Waals surface area contributed by atoms with E-state index in [-0.39, 0.29) is 5.41 Å². The lowest BCUT2D eigenvalue weighted by Crippen LogP contribution is -2.12. The number of fused-ring (bicyclic) bond motifs is 3. The summed E-state index contributed by atoms with van der Waals surface area (Å²) < 4.78 is 9.69. The molecule has 0 aliphatic rings. The molecule has 5 rings (SSSR count). The van der Waals surface area contributed by atoms with E-state index in [4.69, 9.17) is 9.72 Å². The van der Waals surface area contributed by atoms with Gasteiger partial charge in [0.2, 0.25) is 0 Å². The Bertz CT molecular complexity index is 1630. The Labute approximate surface area is 247 Å². The lowest BCUT2D eigenvalue weighted by molar-refractivity contribution is 0.483. The molecule has 0 saturated heterocycles. The molecule has 0 atom stereocenters. The van der Waals surface area contributed by atoms with Gasteiger partial charge >= 0.3 is 0 Å². The van der Waals surface area contributed by atoms with Gasteiger partial charge in [0.25, 0.3) is 0 Å². The average Bonchev–Trinajstić information content (AvgIpc) is 3.25. The first-order chi connectivity index (χ1) is 19.3. The predicted octanol–water partition coefficient (Wildman–Crippen LogP) is 11.1. The molecular formula is C36H41BrN2O. The minimum atomic E-state index is 0.0322. The smallest absolute Gasteiger partial charge is 0.137 e. The second kappa shape index (κ2) is 12.2. The molecule has 2 heterocycles. The zero-order valence-corrected chi connectivity index (χ0v) is 26.1. The number of ether oxygens (including phenoxy) is 1. The number of hydrogen-bond acceptors (Lipinski definition) is 2. The van der Waals surface area contributed by atoms with Crippen LogP contribution in [0.4, 0.5) is 0 Å². The van der Waals surface area contributed by atoms with Crippen molar-refractivity contribution in [2.45, 2.75) is 85.0 Å². The van der Waals surface area contributed by atoms with Crippen molar-refractivity contribution in [2.24, 2.45) is 0 Å². The van der Waals surface area contributed by atoms with Crippen LogP contribution in [0.3, 0.4) is 0 Å². The summed E-state index contributed by atoms with van der Waals surface area (Å²) in [6.07, 6.45) is 10.4. The van der Waals surface area contributed by atoms with Gasteiger partial charge in [-0.05, 0) is 89.9 Å². The second-order valence-electron chi connectivity index (χ2n) is 11.9. The SMILES string of the molecule is CCCCCCc1ccc2c(c1CCC)c1ccc(Oc3cccc(Br)c3)cc1n2-c1cc(C(C)(C)C)ccn1. The van der Waals surface area contributed by atoms with E-state index >= 15 is 0 Å². The highest BCUT2D eigenvalue weighted by Gasteiger charge is 2.21. The Morgan fingerprint density at radius 1 is 0.800 bits per heavy atom. The summed E-state index contributed by atoms with van der Waals surface area (Å²) in [7, 11) is 0. The van der Waals surface area contributed by atoms with E-state index in [1.54, 1.807) is 0 Å². The zero-order valence-electron chi connectivity index (χ0n) is 24.6. The molecule has 40 heavy (non-hydrogen) atoms. The van der Waals surface area contributed by atoms with Gasteiger partial charge in [0.1, 0.15) is 17.3 Å². The summed E-state index contributed by atoms with van der Waals surface area (Å²) in [5.41, 5.74) is 6.64. The molecule has 3 nitrogen and oxygen atoms in total. The van der Waals surface area contributed by atoms with Crippen LogP contribution < -0.4 is 4.74 Å². The number of benzene rings is 3. The largest absolute Gasteiger partial charge is 0.457 e. The zero-order chi connectivity index (χ0) is 28.3. The highest BCUT2D eigenvalue weighted by atomic mass is 79.9. The van der Waals surface area contributed by atoms with Crippen LogP contribution in [0.15, 0.2) is 77.4 Å². The lowest BCUT2D eigenvalue weighted by atomic mass is 9.88. The average molecular weight is 598 g/mol. The van der Waals surface area contributed by atoms with Crippen molar-refractivity contribution in [3.05, 3.63) is 94.1 Å². The number of unbranched alkanes of at least 4 members (excludes halogenated alkanes) is 3. The molecule has 0 bridgehead atoms. The number of pyridine rings is 1. The van der Waals surface area contributed by atoms with Crippen molar-refractivity contribution in [3.8, 4) is 17.3 Å². The maximum atomic E-state index is 6.35. The molecule has 0 aliphatic heterocycles. The molecule has 0 fully saturated rings. The van der Waals surface area contributed by atoms with Gasteiger partial charge in [0.05, 0.1) is 11.0 Å². The minimum Gasteiger partial charge on any atom is -0.457 e. The van der Waals surface area contributed by atoms with Gasteiger partial charge in [0.15, 0.2) is 0 Å². The van der Waals surface area contributed by atoms with Crippen LogP contribution in [0.5, 0.6) is 11.5 Å². The number of halogens is 1. The molecule has 4 heteroatoms. The van der Waals surface area contributed by atoms with Crippen LogP contribution in [0.25, 0.3) is 27.6 Å². The summed E-state index contributed by atoms with van der Waals surface area (Å²) in [6.45, 7) is 11.3. The number of aromatic nitrogens is 2. The van der Waals surface area contributed by atoms with E-state index in [1.807, 2.05) is 30.5 Å². The van der Waals surface area contributed by atoms with E-state index in [0.717, 1.165) is 46.6 Å². The lowest BCUT2D eigenvalue weighted by Gasteiger charge is -2.20. The fourth-order valence-electron chi connectivity index (χ4n) is 5.70. The maximum absolute atomic E-state index is 6.35. The van der Waals surface area contributed by atoms with E-state index in [9.17, 15) is 0 Å². The summed E-state index contributed by atoms with van der Waals surface area (Å²) in [4.78, 5) is 4.90. The molecule has 0 N–H and O–H groups in total. The molecule has 208 valence electrons. The van der Waals surface area contributed by atoms with E-state index in [0.29, 0.717) is 0 Å². The fraction of sp³-hybridized carbons (Fsp3) is 0.361. The van der Waals surface area contributed by atoms with E-state index in [1.165, 1.54) is 58.7 Å². The van der Waals surface area contributed by atoms with Gasteiger partial charge in [-0.25, -0.2) is 4.98 Å². The maximum Gasteiger partial charge on any atom is 0.137 e. The Hall–Kier alpha value is -3.11. The van der Waals surface area contributed by atoms with Crippen molar-refractivity contribution < 1.29 is 4.74 Å². The molecule has 0 aliphatic carbocycles.